The van der Waals surface area contributed by atoms with Gasteiger partial charge in [0.05, 0.1) is 41.0 Å². The van der Waals surface area contributed by atoms with Crippen LogP contribution in [0.4, 0.5) is 5.69 Å². The number of nitrogens with zero attached hydrogens (tertiary/aromatic N) is 2. The van der Waals surface area contributed by atoms with Crippen LogP contribution in [0, 0.1) is 23.7 Å². The van der Waals surface area contributed by atoms with E-state index in [0.717, 1.165) is 16.1 Å². The number of phenolic OH excluding ortho intramolecular Hbond substituents is 1. The fourth-order valence-electron chi connectivity index (χ4n) is 9.12. The number of benzene rings is 4. The number of allylic oxidation sites excluding steroid dienone is 2. The molecule has 8 rings (SSSR count). The Hall–Kier alpha value is -4.86. The summed E-state index contributed by atoms with van der Waals surface area (Å²) in [4.78, 5) is 59.1. The molecule has 2 aliphatic heterocycles. The zero-order valence-corrected chi connectivity index (χ0v) is 28.7. The molecule has 0 unspecified atom stereocenters. The van der Waals surface area contributed by atoms with Gasteiger partial charge in [0, 0.05) is 22.9 Å². The number of imide groups is 2. The number of methoxy groups -OCH3 is 1. The predicted molar refractivity (Wildman–Crippen MR) is 189 cm³/mol. The van der Waals surface area contributed by atoms with Crippen molar-refractivity contribution in [3.63, 3.8) is 0 Å². The summed E-state index contributed by atoms with van der Waals surface area (Å²) < 4.78 is 5.48. The van der Waals surface area contributed by atoms with Gasteiger partial charge in [-0.1, -0.05) is 77.3 Å². The Morgan fingerprint density at radius 2 is 1.64 bits per heavy atom. The predicted octanol–water partition coefficient (Wildman–Crippen LogP) is 6.87. The van der Waals surface area contributed by atoms with Crippen LogP contribution in [0.3, 0.4) is 0 Å². The van der Waals surface area contributed by atoms with Gasteiger partial charge in [-0.25, -0.2) is 0 Å². The maximum absolute atomic E-state index is 15.4. The molecule has 2 saturated heterocycles. The van der Waals surface area contributed by atoms with Gasteiger partial charge in [-0.05, 0) is 78.6 Å². The number of hydrazine groups is 1. The second-order valence-corrected chi connectivity index (χ2v) is 14.2. The number of fused-ring (bicyclic) bond motifs is 5. The first kappa shape index (κ1) is 32.4. The largest absolute Gasteiger partial charge is 0.507 e. The quantitative estimate of drug-likeness (QED) is 0.166. The van der Waals surface area contributed by atoms with E-state index >= 15 is 4.79 Å². The fourth-order valence-corrected chi connectivity index (χ4v) is 9.57. The fraction of sp³-hybridized carbons (Fsp3) is 0.282. The maximum atomic E-state index is 15.4. The molecule has 2 aliphatic carbocycles. The number of ether oxygens (including phenoxy) is 1. The van der Waals surface area contributed by atoms with Gasteiger partial charge in [-0.3, -0.25) is 29.5 Å². The van der Waals surface area contributed by atoms with Gasteiger partial charge in [0.1, 0.15) is 11.5 Å². The monoisotopic (exact) mass is 709 g/mol. The molecule has 3 fully saturated rings. The Morgan fingerprint density at radius 3 is 2.34 bits per heavy atom. The molecule has 0 radical (unpaired) electrons. The van der Waals surface area contributed by atoms with E-state index in [1.807, 2.05) is 48.5 Å². The lowest BCUT2D eigenvalue weighted by Gasteiger charge is -2.51. The van der Waals surface area contributed by atoms with Crippen molar-refractivity contribution in [2.24, 2.45) is 23.7 Å². The summed E-state index contributed by atoms with van der Waals surface area (Å²) in [5.41, 5.74) is 4.00. The normalized spacial score (nSPS) is 27.3. The van der Waals surface area contributed by atoms with Crippen LogP contribution in [0.2, 0.25) is 10.0 Å². The minimum Gasteiger partial charge on any atom is -0.507 e. The Bertz CT molecular complexity index is 2150. The first-order chi connectivity index (χ1) is 24.1. The van der Waals surface area contributed by atoms with E-state index in [1.165, 1.54) is 11.0 Å². The molecule has 2 heterocycles. The standard InChI is InChI=1S/C39H33Cl2N3O6/c1-3-43-35(46)27-14-13-26-28(33(27)37(43)48)19-29-36(47)44(42-31-16-10-21(40)18-30(31)41)38(49)39(29,20-8-11-22(50-2)12-9-20)34(26)25-15-17-32(45)24-7-5-4-6-23(24)25/h4-13,15-18,27-29,33-34,42,45H,3,14,19H2,1-2H3/t27-,28+,29-,33-,34-,39+/m0/s1. The molecule has 6 atom stereocenters. The van der Waals surface area contributed by atoms with E-state index < -0.39 is 46.8 Å². The van der Waals surface area contributed by atoms with Crippen molar-refractivity contribution >= 4 is 63.3 Å². The third-order valence-corrected chi connectivity index (χ3v) is 11.8. The lowest BCUT2D eigenvalue weighted by molar-refractivity contribution is -0.141. The molecule has 0 aromatic heterocycles. The smallest absolute Gasteiger partial charge is 0.260 e. The maximum Gasteiger partial charge on any atom is 0.260 e. The topological polar surface area (TPSA) is 116 Å². The summed E-state index contributed by atoms with van der Waals surface area (Å²) in [6, 6.07) is 22.7. The van der Waals surface area contributed by atoms with E-state index in [0.29, 0.717) is 39.2 Å². The van der Waals surface area contributed by atoms with Gasteiger partial charge in [0.15, 0.2) is 0 Å². The summed E-state index contributed by atoms with van der Waals surface area (Å²) >= 11 is 12.7. The van der Waals surface area contributed by atoms with Crippen molar-refractivity contribution in [2.45, 2.75) is 31.1 Å². The number of anilines is 1. The summed E-state index contributed by atoms with van der Waals surface area (Å²) in [6.45, 7) is 2.04. The number of amides is 4. The Morgan fingerprint density at radius 1 is 0.900 bits per heavy atom. The van der Waals surface area contributed by atoms with Gasteiger partial charge in [0.25, 0.3) is 11.8 Å². The highest BCUT2D eigenvalue weighted by Crippen LogP contribution is 2.65. The van der Waals surface area contributed by atoms with Crippen molar-refractivity contribution in [3.05, 3.63) is 112 Å². The Labute approximate surface area is 298 Å². The summed E-state index contributed by atoms with van der Waals surface area (Å²) in [5.74, 6) is -4.17. The van der Waals surface area contributed by atoms with Gasteiger partial charge in [-0.2, -0.15) is 5.01 Å². The molecule has 4 aromatic carbocycles. The van der Waals surface area contributed by atoms with Crippen molar-refractivity contribution < 1.29 is 29.0 Å². The van der Waals surface area contributed by atoms with Crippen molar-refractivity contribution in [2.75, 3.05) is 19.1 Å². The van der Waals surface area contributed by atoms with Crippen LogP contribution < -0.4 is 10.2 Å². The molecule has 2 N–H and O–H groups in total. The zero-order valence-electron chi connectivity index (χ0n) is 27.2. The number of phenols is 1. The van der Waals surface area contributed by atoms with Gasteiger partial charge in [-0.15, -0.1) is 0 Å². The summed E-state index contributed by atoms with van der Waals surface area (Å²) in [5, 5.41) is 13.9. The lowest BCUT2D eigenvalue weighted by Crippen LogP contribution is -2.53. The van der Waals surface area contributed by atoms with E-state index in [9.17, 15) is 19.5 Å². The van der Waals surface area contributed by atoms with Crippen molar-refractivity contribution in [1.29, 1.82) is 0 Å². The Balaban J connectivity index is 1.41. The molecular weight excluding hydrogens is 677 g/mol. The lowest BCUT2D eigenvalue weighted by atomic mass is 9.49. The molecule has 9 nitrogen and oxygen atoms in total. The number of hydrogen-bond donors (Lipinski definition) is 2. The van der Waals surface area contributed by atoms with E-state index in [2.05, 4.69) is 5.43 Å². The first-order valence-electron chi connectivity index (χ1n) is 16.6. The minimum absolute atomic E-state index is 0.0779. The molecule has 50 heavy (non-hydrogen) atoms. The SMILES string of the molecule is CCN1C(=O)[C@H]2[C@H](CC=C3[C@H]2C[C@H]2C(=O)N(Nc4ccc(Cl)cc4Cl)C(=O)[C@@]2(c2ccc(OC)cc2)[C@H]3c2ccc(O)c3ccccc23)C1=O. The molecule has 11 heteroatoms. The van der Waals surface area contributed by atoms with Crippen molar-refractivity contribution in [1.82, 2.24) is 9.91 Å². The zero-order chi connectivity index (χ0) is 35.1. The number of nitrogens with one attached hydrogen (secondary N) is 1. The second kappa shape index (κ2) is 11.9. The number of hydrogen-bond acceptors (Lipinski definition) is 7. The van der Waals surface area contributed by atoms with E-state index in [4.69, 9.17) is 27.9 Å². The average Bonchev–Trinajstić information content (AvgIpc) is 3.50. The third-order valence-electron chi connectivity index (χ3n) is 11.2. The van der Waals surface area contributed by atoms with Crippen LogP contribution in [0.25, 0.3) is 10.8 Å². The van der Waals surface area contributed by atoms with Crippen LogP contribution in [-0.2, 0) is 24.6 Å². The molecule has 4 amide bonds. The number of carbonyl (C=O) groups is 4. The average molecular weight is 711 g/mol. The van der Waals surface area contributed by atoms with Crippen LogP contribution in [0.5, 0.6) is 11.5 Å². The number of aromatic hydroxyl groups is 1. The first-order valence-corrected chi connectivity index (χ1v) is 17.4. The van der Waals surface area contributed by atoms with Gasteiger partial charge >= 0.3 is 0 Å². The van der Waals surface area contributed by atoms with Crippen LogP contribution in [-0.4, -0.2) is 52.3 Å². The highest BCUT2D eigenvalue weighted by Gasteiger charge is 2.70. The van der Waals surface area contributed by atoms with Gasteiger partial charge in [0.2, 0.25) is 11.8 Å². The van der Waals surface area contributed by atoms with Crippen molar-refractivity contribution in [3.8, 4) is 11.5 Å². The minimum atomic E-state index is -1.50. The number of carbonyl (C=O) groups excluding carboxylic acids is 4. The van der Waals surface area contributed by atoms with Crippen LogP contribution in [0.15, 0.2) is 90.5 Å². The molecule has 254 valence electrons. The number of rotatable bonds is 6. The Kier molecular flexibility index (Phi) is 7.69. The second-order valence-electron chi connectivity index (χ2n) is 13.4. The van der Waals surface area contributed by atoms with Gasteiger partial charge < -0.3 is 9.84 Å². The number of halogens is 2. The summed E-state index contributed by atoms with van der Waals surface area (Å²) in [7, 11) is 1.56. The van der Waals surface area contributed by atoms with Crippen LogP contribution in [0.1, 0.15) is 36.8 Å². The molecule has 0 bridgehead atoms. The van der Waals surface area contributed by atoms with Crippen LogP contribution >= 0.6 is 23.2 Å². The summed E-state index contributed by atoms with van der Waals surface area (Å²) in [6.07, 6.45) is 2.52. The molecule has 4 aromatic rings. The highest BCUT2D eigenvalue weighted by molar-refractivity contribution is 6.36. The molecule has 0 spiro atoms. The number of likely N-dealkylation sites (tertiary alicyclic amines) is 1. The molecule has 4 aliphatic rings. The van der Waals surface area contributed by atoms with E-state index in [1.54, 1.807) is 44.4 Å². The third kappa shape index (κ3) is 4.45. The van der Waals surface area contributed by atoms with E-state index in [-0.39, 0.29) is 35.6 Å². The molecule has 1 saturated carbocycles. The molecular formula is C39H33Cl2N3O6. The highest BCUT2D eigenvalue weighted by atomic mass is 35.5.